The van der Waals surface area contributed by atoms with Gasteiger partial charge in [0.25, 0.3) is 0 Å². The Morgan fingerprint density at radius 1 is 1.30 bits per heavy atom. The number of rotatable bonds is 6. The third-order valence-electron chi connectivity index (χ3n) is 3.41. The summed E-state index contributed by atoms with van der Waals surface area (Å²) in [6.45, 7) is 3.46. The molecule has 0 amide bonds. The minimum Gasteiger partial charge on any atom is -0.369 e. The van der Waals surface area contributed by atoms with E-state index in [0.717, 1.165) is 37.3 Å². The molecule has 0 atom stereocenters. The normalized spacial score (nSPS) is 14.4. The van der Waals surface area contributed by atoms with E-state index < -0.39 is 0 Å². The van der Waals surface area contributed by atoms with Gasteiger partial charge in [0.1, 0.15) is 5.82 Å². The zero-order chi connectivity index (χ0) is 13.9. The molecule has 1 fully saturated rings. The molecule has 1 saturated carbocycles. The van der Waals surface area contributed by atoms with Gasteiger partial charge in [0, 0.05) is 25.0 Å². The van der Waals surface area contributed by atoms with Gasteiger partial charge in [0.2, 0.25) is 0 Å². The van der Waals surface area contributed by atoms with Gasteiger partial charge in [-0.1, -0.05) is 6.92 Å². The average Bonchev–Trinajstić information content (AvgIpc) is 3.24. The average molecular weight is 273 g/mol. The van der Waals surface area contributed by atoms with Crippen LogP contribution in [0.2, 0.25) is 0 Å². The molecule has 3 rings (SSSR count). The summed E-state index contributed by atoms with van der Waals surface area (Å²) in [7, 11) is 0. The minimum atomic E-state index is 0.0440. The Balaban J connectivity index is 1.69. The van der Waals surface area contributed by atoms with E-state index in [1.54, 1.807) is 17.0 Å². The molecule has 2 aromatic rings. The topological polar surface area (TPSA) is 64.7 Å². The maximum Gasteiger partial charge on any atom is 0.328 e. The number of hydrogen-bond donors (Lipinski definition) is 1. The molecular formula is C14H19N5O. The van der Waals surface area contributed by atoms with Crippen molar-refractivity contribution in [2.45, 2.75) is 38.8 Å². The minimum absolute atomic E-state index is 0.0440. The first-order valence-corrected chi connectivity index (χ1v) is 7.10. The summed E-state index contributed by atoms with van der Waals surface area (Å²) in [6, 6.07) is 0.412. The van der Waals surface area contributed by atoms with E-state index in [1.807, 2.05) is 17.0 Å². The molecule has 6 heteroatoms. The number of anilines is 1. The molecule has 6 nitrogen and oxygen atoms in total. The summed E-state index contributed by atoms with van der Waals surface area (Å²) in [5, 5.41) is 3.18. The molecule has 106 valence electrons. The lowest BCUT2D eigenvalue weighted by Gasteiger charge is -2.05. The SMILES string of the molecule is CCCNc1cnc(Cn2ccn(C3CC3)c2=O)cn1. The lowest BCUT2D eigenvalue weighted by molar-refractivity contribution is 0.649. The van der Waals surface area contributed by atoms with Crippen LogP contribution in [-0.2, 0) is 6.54 Å². The second-order valence-electron chi connectivity index (χ2n) is 5.17. The van der Waals surface area contributed by atoms with Crippen LogP contribution in [0.1, 0.15) is 37.9 Å². The zero-order valence-corrected chi connectivity index (χ0v) is 11.6. The van der Waals surface area contributed by atoms with Crippen molar-refractivity contribution in [1.29, 1.82) is 0 Å². The van der Waals surface area contributed by atoms with Crippen LogP contribution < -0.4 is 11.0 Å². The van der Waals surface area contributed by atoms with E-state index in [2.05, 4.69) is 22.2 Å². The number of hydrogen-bond acceptors (Lipinski definition) is 4. The van der Waals surface area contributed by atoms with Crippen LogP contribution in [0, 0.1) is 0 Å². The molecular weight excluding hydrogens is 254 g/mol. The molecule has 1 N–H and O–H groups in total. The van der Waals surface area contributed by atoms with E-state index in [0.29, 0.717) is 12.6 Å². The van der Waals surface area contributed by atoms with Crippen LogP contribution in [-0.4, -0.2) is 25.6 Å². The Labute approximate surface area is 117 Å². The second kappa shape index (κ2) is 5.48. The van der Waals surface area contributed by atoms with Crippen molar-refractivity contribution in [2.24, 2.45) is 0 Å². The van der Waals surface area contributed by atoms with Crippen LogP contribution in [0.25, 0.3) is 0 Å². The Morgan fingerprint density at radius 2 is 2.15 bits per heavy atom. The van der Waals surface area contributed by atoms with Crippen molar-refractivity contribution >= 4 is 5.82 Å². The predicted molar refractivity (Wildman–Crippen MR) is 76.9 cm³/mol. The van der Waals surface area contributed by atoms with Crippen molar-refractivity contribution in [1.82, 2.24) is 19.1 Å². The van der Waals surface area contributed by atoms with Crippen molar-refractivity contribution in [3.8, 4) is 0 Å². The third kappa shape index (κ3) is 2.74. The first kappa shape index (κ1) is 12.9. The van der Waals surface area contributed by atoms with Crippen LogP contribution in [0.15, 0.2) is 29.6 Å². The molecule has 0 spiro atoms. The smallest absolute Gasteiger partial charge is 0.328 e. The molecule has 2 aromatic heterocycles. The largest absolute Gasteiger partial charge is 0.369 e. The fourth-order valence-corrected chi connectivity index (χ4v) is 2.13. The molecule has 0 saturated heterocycles. The van der Waals surface area contributed by atoms with Crippen LogP contribution in [0.3, 0.4) is 0 Å². The van der Waals surface area contributed by atoms with Gasteiger partial charge in [0.15, 0.2) is 0 Å². The lowest BCUT2D eigenvalue weighted by atomic mass is 10.4. The monoisotopic (exact) mass is 273 g/mol. The third-order valence-corrected chi connectivity index (χ3v) is 3.41. The Morgan fingerprint density at radius 3 is 2.80 bits per heavy atom. The van der Waals surface area contributed by atoms with Crippen LogP contribution >= 0.6 is 0 Å². The van der Waals surface area contributed by atoms with E-state index in [4.69, 9.17) is 0 Å². The van der Waals surface area contributed by atoms with Crippen molar-refractivity contribution in [3.63, 3.8) is 0 Å². The number of aromatic nitrogens is 4. The molecule has 20 heavy (non-hydrogen) atoms. The van der Waals surface area contributed by atoms with Crippen molar-refractivity contribution in [3.05, 3.63) is 41.0 Å². The van der Waals surface area contributed by atoms with Gasteiger partial charge in [-0.15, -0.1) is 0 Å². The summed E-state index contributed by atoms with van der Waals surface area (Å²) in [5.74, 6) is 0.776. The maximum atomic E-state index is 12.1. The van der Waals surface area contributed by atoms with Gasteiger partial charge in [0.05, 0.1) is 24.6 Å². The van der Waals surface area contributed by atoms with Gasteiger partial charge >= 0.3 is 5.69 Å². The van der Waals surface area contributed by atoms with Gasteiger partial charge in [-0.25, -0.2) is 9.78 Å². The Bertz CT molecular complexity index is 624. The fourth-order valence-electron chi connectivity index (χ4n) is 2.13. The van der Waals surface area contributed by atoms with Gasteiger partial charge in [-0.05, 0) is 19.3 Å². The zero-order valence-electron chi connectivity index (χ0n) is 11.6. The first-order valence-electron chi connectivity index (χ1n) is 7.10. The van der Waals surface area contributed by atoms with E-state index in [9.17, 15) is 4.79 Å². The molecule has 0 unspecified atom stereocenters. The molecule has 0 bridgehead atoms. The summed E-state index contributed by atoms with van der Waals surface area (Å²) in [5.41, 5.74) is 0.838. The number of nitrogens with zero attached hydrogens (tertiary/aromatic N) is 4. The number of imidazole rings is 1. The predicted octanol–water partition coefficient (Wildman–Crippen LogP) is 1.64. The van der Waals surface area contributed by atoms with Gasteiger partial charge < -0.3 is 5.32 Å². The summed E-state index contributed by atoms with van der Waals surface area (Å²) >= 11 is 0. The highest BCUT2D eigenvalue weighted by atomic mass is 16.1. The highest BCUT2D eigenvalue weighted by molar-refractivity contribution is 5.30. The molecule has 1 aliphatic rings. The number of nitrogens with one attached hydrogen (secondary N) is 1. The second-order valence-corrected chi connectivity index (χ2v) is 5.17. The summed E-state index contributed by atoms with van der Waals surface area (Å²) in [6.07, 6.45) is 10.4. The Hall–Kier alpha value is -2.11. The highest BCUT2D eigenvalue weighted by Crippen LogP contribution is 2.33. The van der Waals surface area contributed by atoms with Gasteiger partial charge in [-0.3, -0.25) is 14.1 Å². The highest BCUT2D eigenvalue weighted by Gasteiger charge is 2.25. The fraction of sp³-hybridized carbons (Fsp3) is 0.500. The van der Waals surface area contributed by atoms with Crippen molar-refractivity contribution < 1.29 is 0 Å². The Kier molecular flexibility index (Phi) is 3.54. The molecule has 0 aliphatic heterocycles. The van der Waals surface area contributed by atoms with Crippen LogP contribution in [0.4, 0.5) is 5.82 Å². The quantitative estimate of drug-likeness (QED) is 0.869. The lowest BCUT2D eigenvalue weighted by Crippen LogP contribution is -2.24. The molecule has 1 aliphatic carbocycles. The molecule has 2 heterocycles. The molecule has 0 radical (unpaired) electrons. The van der Waals surface area contributed by atoms with Crippen molar-refractivity contribution in [2.75, 3.05) is 11.9 Å². The first-order chi connectivity index (χ1) is 9.78. The standard InChI is InChI=1S/C14H19N5O/c1-2-5-15-13-9-16-11(8-17-13)10-18-6-7-19(14(18)20)12-3-4-12/h6-9,12H,2-5,10H2,1H3,(H,15,17). The van der Waals surface area contributed by atoms with Gasteiger partial charge in [-0.2, -0.15) is 0 Å². The van der Waals surface area contributed by atoms with Crippen LogP contribution in [0.5, 0.6) is 0 Å². The summed E-state index contributed by atoms with van der Waals surface area (Å²) in [4.78, 5) is 20.8. The van der Waals surface area contributed by atoms with E-state index >= 15 is 0 Å². The van der Waals surface area contributed by atoms with E-state index in [1.165, 1.54) is 0 Å². The molecule has 0 aromatic carbocycles. The maximum absolute atomic E-state index is 12.1. The summed E-state index contributed by atoms with van der Waals surface area (Å²) < 4.78 is 3.49. The van der Waals surface area contributed by atoms with E-state index in [-0.39, 0.29) is 5.69 Å².